The third kappa shape index (κ3) is 2.84. The quantitative estimate of drug-likeness (QED) is 0.558. The number of hydrogen-bond acceptors (Lipinski definition) is 7. The SMILES string of the molecule is CC1=C(/C=C(\C)C(C)C)OC2(O)c3cccc(N)c3C(=O)C12N(C)C(=O)c1cn2cccnc2n1. The molecule has 1 aliphatic heterocycles. The molecule has 2 aliphatic rings. The summed E-state index contributed by atoms with van der Waals surface area (Å²) in [6.45, 7) is 7.73. The van der Waals surface area contributed by atoms with Crippen molar-refractivity contribution in [3.8, 4) is 0 Å². The smallest absolute Gasteiger partial charge is 0.275 e. The first-order valence-electron chi connectivity index (χ1n) is 11.4. The van der Waals surface area contributed by atoms with Gasteiger partial charge in [0.2, 0.25) is 17.1 Å². The zero-order valence-electron chi connectivity index (χ0n) is 20.2. The number of benzene rings is 1. The molecule has 3 aromatic rings. The molecule has 0 saturated heterocycles. The number of nitrogen functional groups attached to an aromatic ring is 1. The van der Waals surface area contributed by atoms with E-state index in [1.54, 1.807) is 48.0 Å². The normalized spacial score (nSPS) is 23.6. The monoisotopic (exact) mass is 473 g/mol. The second-order valence-electron chi connectivity index (χ2n) is 9.40. The molecule has 2 aromatic heterocycles. The van der Waals surface area contributed by atoms with E-state index < -0.39 is 23.0 Å². The standard InChI is InChI=1S/C26H27N5O4/c1-14(2)15(3)12-20-16(4)25(22(32)21-17(26(25,34)35-20)8-6-9-18(21)27)30(5)23(33)19-13-31-11-7-10-28-24(31)29-19/h6-14,34H,27H2,1-5H3/b15-12+. The highest BCUT2D eigenvalue weighted by Gasteiger charge is 2.73. The molecule has 9 nitrogen and oxygen atoms in total. The van der Waals surface area contributed by atoms with Crippen molar-refractivity contribution < 1.29 is 19.4 Å². The van der Waals surface area contributed by atoms with Crippen LogP contribution in [0.15, 0.2) is 65.8 Å². The number of allylic oxidation sites excluding steroid dienone is 2. The van der Waals surface area contributed by atoms with Crippen LogP contribution in [-0.2, 0) is 10.5 Å². The van der Waals surface area contributed by atoms with Gasteiger partial charge < -0.3 is 20.5 Å². The highest BCUT2D eigenvalue weighted by Crippen LogP contribution is 2.58. The summed E-state index contributed by atoms with van der Waals surface area (Å²) in [4.78, 5) is 37.6. The van der Waals surface area contributed by atoms with E-state index in [9.17, 15) is 14.7 Å². The largest absolute Gasteiger partial charge is 0.455 e. The van der Waals surface area contributed by atoms with Gasteiger partial charge in [-0.3, -0.25) is 14.0 Å². The summed E-state index contributed by atoms with van der Waals surface area (Å²) in [5.41, 5.74) is 6.39. The van der Waals surface area contributed by atoms with Crippen molar-refractivity contribution in [2.45, 2.75) is 39.0 Å². The van der Waals surface area contributed by atoms with Crippen LogP contribution < -0.4 is 5.73 Å². The van der Waals surface area contributed by atoms with Crippen molar-refractivity contribution in [2.24, 2.45) is 5.92 Å². The summed E-state index contributed by atoms with van der Waals surface area (Å²) in [5.74, 6) is -2.33. The lowest BCUT2D eigenvalue weighted by Gasteiger charge is -2.41. The Morgan fingerprint density at radius 2 is 2.06 bits per heavy atom. The number of rotatable bonds is 4. The van der Waals surface area contributed by atoms with Crippen molar-refractivity contribution in [2.75, 3.05) is 12.8 Å². The lowest BCUT2D eigenvalue weighted by molar-refractivity contribution is -0.208. The molecule has 1 aliphatic carbocycles. The highest BCUT2D eigenvalue weighted by atomic mass is 16.6. The number of nitrogens with two attached hydrogens (primary N) is 1. The van der Waals surface area contributed by atoms with Gasteiger partial charge in [0.1, 0.15) is 11.5 Å². The van der Waals surface area contributed by atoms with Gasteiger partial charge in [-0.05, 0) is 38.0 Å². The van der Waals surface area contributed by atoms with Crippen molar-refractivity contribution in [3.05, 3.63) is 82.7 Å². The van der Waals surface area contributed by atoms with Crippen molar-refractivity contribution in [3.63, 3.8) is 0 Å². The third-order valence-electron chi connectivity index (χ3n) is 7.21. The fourth-order valence-electron chi connectivity index (χ4n) is 5.00. The molecule has 0 spiro atoms. The maximum absolute atomic E-state index is 14.1. The number of nitrogens with zero attached hydrogens (tertiary/aromatic N) is 4. The Bertz CT molecular complexity index is 1440. The summed E-state index contributed by atoms with van der Waals surface area (Å²) in [5, 5.41) is 12.1. The minimum absolute atomic E-state index is 0.0785. The fourth-order valence-corrected chi connectivity index (χ4v) is 5.00. The van der Waals surface area contributed by atoms with Gasteiger partial charge in [-0.15, -0.1) is 0 Å². The topological polar surface area (TPSA) is 123 Å². The zero-order valence-corrected chi connectivity index (χ0v) is 20.2. The van der Waals surface area contributed by atoms with Crippen LogP contribution in [0.3, 0.4) is 0 Å². The van der Waals surface area contributed by atoms with E-state index in [-0.39, 0.29) is 28.4 Å². The first-order valence-corrected chi connectivity index (χ1v) is 11.4. The van der Waals surface area contributed by atoms with E-state index in [1.807, 2.05) is 26.8 Å². The molecule has 0 bridgehead atoms. The van der Waals surface area contributed by atoms with E-state index in [4.69, 9.17) is 10.5 Å². The summed E-state index contributed by atoms with van der Waals surface area (Å²) in [6.07, 6.45) is 6.64. The Morgan fingerprint density at radius 3 is 2.74 bits per heavy atom. The predicted octanol–water partition coefficient (Wildman–Crippen LogP) is 3.07. The lowest BCUT2D eigenvalue weighted by atomic mass is 9.81. The second-order valence-corrected chi connectivity index (χ2v) is 9.40. The number of ketones is 1. The Hall–Kier alpha value is -3.98. The molecule has 180 valence electrons. The number of aromatic nitrogens is 3. The van der Waals surface area contributed by atoms with Gasteiger partial charge in [-0.25, -0.2) is 9.97 Å². The zero-order chi connectivity index (χ0) is 25.3. The molecule has 1 amide bonds. The van der Waals surface area contributed by atoms with Crippen LogP contribution in [0.25, 0.3) is 5.78 Å². The van der Waals surface area contributed by atoms with Gasteiger partial charge in [0, 0.05) is 42.5 Å². The van der Waals surface area contributed by atoms with Crippen LogP contribution in [0.5, 0.6) is 0 Å². The molecule has 35 heavy (non-hydrogen) atoms. The Labute approximate surface area is 202 Å². The van der Waals surface area contributed by atoms with Crippen LogP contribution in [0.2, 0.25) is 0 Å². The van der Waals surface area contributed by atoms with Crippen LogP contribution in [0, 0.1) is 5.92 Å². The summed E-state index contributed by atoms with van der Waals surface area (Å²) in [7, 11) is 1.47. The van der Waals surface area contributed by atoms with Gasteiger partial charge in [0.25, 0.3) is 11.7 Å². The molecule has 0 fully saturated rings. The molecule has 5 rings (SSSR count). The number of likely N-dealkylation sites (N-methyl/N-ethyl adjacent to an activating group) is 1. The Balaban J connectivity index is 1.73. The van der Waals surface area contributed by atoms with E-state index >= 15 is 0 Å². The van der Waals surface area contributed by atoms with Crippen molar-refractivity contribution >= 4 is 23.2 Å². The van der Waals surface area contributed by atoms with Gasteiger partial charge in [0.15, 0.2) is 0 Å². The Morgan fingerprint density at radius 1 is 1.31 bits per heavy atom. The molecule has 3 heterocycles. The molecule has 3 N–H and O–H groups in total. The summed E-state index contributed by atoms with van der Waals surface area (Å²) >= 11 is 0. The first kappa shape index (κ1) is 22.8. The number of imidazole rings is 1. The third-order valence-corrected chi connectivity index (χ3v) is 7.21. The maximum Gasteiger partial charge on any atom is 0.275 e. The number of hydrogen-bond donors (Lipinski definition) is 2. The first-order chi connectivity index (χ1) is 16.5. The number of carbonyl (C=O) groups excluding carboxylic acids is 2. The van der Waals surface area contributed by atoms with Crippen molar-refractivity contribution in [1.29, 1.82) is 0 Å². The summed E-state index contributed by atoms with van der Waals surface area (Å²) < 4.78 is 7.79. The molecule has 2 unspecified atom stereocenters. The maximum atomic E-state index is 14.1. The van der Waals surface area contributed by atoms with E-state index in [2.05, 4.69) is 9.97 Å². The number of amides is 1. The van der Waals surface area contributed by atoms with Crippen molar-refractivity contribution in [1.82, 2.24) is 19.3 Å². The van der Waals surface area contributed by atoms with E-state index in [0.717, 1.165) is 5.57 Å². The molecular weight excluding hydrogens is 446 g/mol. The van der Waals surface area contributed by atoms with Crippen LogP contribution in [0.1, 0.15) is 54.1 Å². The Kier molecular flexibility index (Phi) is 4.89. The highest BCUT2D eigenvalue weighted by molar-refractivity contribution is 6.17. The second kappa shape index (κ2) is 7.51. The van der Waals surface area contributed by atoms with E-state index in [0.29, 0.717) is 17.1 Å². The van der Waals surface area contributed by atoms with E-state index in [1.165, 1.54) is 18.1 Å². The minimum Gasteiger partial charge on any atom is -0.455 e. The number of anilines is 1. The number of aliphatic hydroxyl groups is 1. The van der Waals surface area contributed by atoms with Gasteiger partial charge >= 0.3 is 0 Å². The molecule has 9 heteroatoms. The van der Waals surface area contributed by atoms with Gasteiger partial charge in [-0.2, -0.15) is 0 Å². The average molecular weight is 474 g/mol. The van der Waals surface area contributed by atoms with Gasteiger partial charge in [-0.1, -0.05) is 31.6 Å². The molecule has 0 radical (unpaired) electrons. The molecular formula is C26H27N5O4. The number of fused-ring (bicyclic) bond motifs is 4. The van der Waals surface area contributed by atoms with Crippen LogP contribution in [-0.4, -0.2) is 48.7 Å². The van der Waals surface area contributed by atoms with Gasteiger partial charge in [0.05, 0.1) is 5.56 Å². The van der Waals surface area contributed by atoms with Crippen LogP contribution in [0.4, 0.5) is 5.69 Å². The fraction of sp³-hybridized carbons (Fsp3) is 0.308. The lowest BCUT2D eigenvalue weighted by Crippen LogP contribution is -2.63. The number of carbonyl (C=O) groups is 2. The molecule has 0 saturated carbocycles. The predicted molar refractivity (Wildman–Crippen MR) is 129 cm³/mol. The molecule has 2 atom stereocenters. The number of Topliss-reactive ketones (excluding diaryl/α,β-unsaturated/α-hetero) is 1. The average Bonchev–Trinajstić information content (AvgIpc) is 3.41. The minimum atomic E-state index is -2.16. The number of ether oxygens (including phenoxy) is 1. The summed E-state index contributed by atoms with van der Waals surface area (Å²) in [6, 6.07) is 6.56. The van der Waals surface area contributed by atoms with Crippen LogP contribution >= 0.6 is 0 Å². The molecule has 1 aromatic carbocycles.